The van der Waals surface area contributed by atoms with E-state index >= 15 is 0 Å². The number of hydrogen-bond donors (Lipinski definition) is 1. The maximum absolute atomic E-state index is 4.56. The van der Waals surface area contributed by atoms with E-state index in [-0.39, 0.29) is 0 Å². The number of nitrogens with zero attached hydrogens (tertiary/aromatic N) is 4. The zero-order chi connectivity index (χ0) is 14.4. The number of hydrogen-bond acceptors (Lipinski definition) is 3. The molecule has 1 N–H and O–H groups in total. The Labute approximate surface area is 125 Å². The second-order valence-corrected chi connectivity index (χ2v) is 6.36. The fourth-order valence-corrected chi connectivity index (χ4v) is 3.76. The molecular weight excluding hydrogens is 262 g/mol. The van der Waals surface area contributed by atoms with Crippen LogP contribution in [0.3, 0.4) is 0 Å². The summed E-state index contributed by atoms with van der Waals surface area (Å²) < 4.78 is 2.08. The monoisotopic (exact) mass is 285 g/mol. The second-order valence-electron chi connectivity index (χ2n) is 6.36. The Morgan fingerprint density at radius 2 is 2.24 bits per heavy atom. The number of aryl methyl sites for hydroxylation is 1. The van der Waals surface area contributed by atoms with Gasteiger partial charge in [0.2, 0.25) is 0 Å². The van der Waals surface area contributed by atoms with Crippen LogP contribution in [0.5, 0.6) is 0 Å². The van der Waals surface area contributed by atoms with Crippen LogP contribution in [-0.2, 0) is 20.0 Å². The Morgan fingerprint density at radius 1 is 1.38 bits per heavy atom. The number of rotatable bonds is 4. The summed E-state index contributed by atoms with van der Waals surface area (Å²) in [6.45, 7) is 4.36. The molecule has 1 fully saturated rings. The second kappa shape index (κ2) is 4.98. The molecule has 2 aliphatic rings. The van der Waals surface area contributed by atoms with Gasteiger partial charge in [-0.3, -0.25) is 9.58 Å². The molecule has 3 heterocycles. The van der Waals surface area contributed by atoms with Gasteiger partial charge in [-0.1, -0.05) is 6.92 Å². The molecule has 0 saturated heterocycles. The van der Waals surface area contributed by atoms with Crippen molar-refractivity contribution in [1.29, 1.82) is 0 Å². The molecule has 21 heavy (non-hydrogen) atoms. The summed E-state index contributed by atoms with van der Waals surface area (Å²) in [5.74, 6) is 0.748. The highest BCUT2D eigenvalue weighted by atomic mass is 15.3. The number of fused-ring (bicyclic) bond motifs is 1. The topological polar surface area (TPSA) is 49.7 Å². The van der Waals surface area contributed by atoms with E-state index in [1.165, 1.54) is 35.5 Å². The molecule has 0 radical (unpaired) electrons. The van der Waals surface area contributed by atoms with Crippen LogP contribution in [0.15, 0.2) is 12.5 Å². The first-order chi connectivity index (χ1) is 10.3. The first kappa shape index (κ1) is 13.1. The predicted octanol–water partition coefficient (Wildman–Crippen LogP) is 2.53. The summed E-state index contributed by atoms with van der Waals surface area (Å²) in [7, 11) is 2.08. The van der Waals surface area contributed by atoms with Gasteiger partial charge in [-0.25, -0.2) is 4.98 Å². The molecule has 1 aliphatic heterocycles. The van der Waals surface area contributed by atoms with Crippen LogP contribution in [0.25, 0.3) is 0 Å². The Balaban J connectivity index is 1.60. The van der Waals surface area contributed by atoms with E-state index in [9.17, 15) is 0 Å². The SMILES string of the molecule is CC[C@H]1c2nc[nH]c2CCN1Cc1cnn(C)c1C1CC1. The van der Waals surface area contributed by atoms with E-state index in [0.29, 0.717) is 6.04 Å². The van der Waals surface area contributed by atoms with Crippen LogP contribution in [0.4, 0.5) is 0 Å². The highest BCUT2D eigenvalue weighted by Crippen LogP contribution is 2.42. The van der Waals surface area contributed by atoms with Crippen molar-refractivity contribution in [2.75, 3.05) is 6.54 Å². The molecule has 5 heteroatoms. The highest BCUT2D eigenvalue weighted by Gasteiger charge is 2.32. The van der Waals surface area contributed by atoms with E-state index in [1.807, 2.05) is 6.33 Å². The van der Waals surface area contributed by atoms with Gasteiger partial charge in [-0.05, 0) is 19.3 Å². The smallest absolute Gasteiger partial charge is 0.0925 e. The minimum Gasteiger partial charge on any atom is -0.348 e. The molecule has 0 amide bonds. The number of aromatic nitrogens is 4. The molecule has 1 atom stereocenters. The minimum absolute atomic E-state index is 0.437. The summed E-state index contributed by atoms with van der Waals surface area (Å²) >= 11 is 0. The van der Waals surface area contributed by atoms with Crippen LogP contribution in [0, 0.1) is 0 Å². The molecule has 1 aliphatic carbocycles. The molecule has 0 bridgehead atoms. The molecular formula is C16H23N5. The van der Waals surface area contributed by atoms with Crippen LogP contribution >= 0.6 is 0 Å². The summed E-state index contributed by atoms with van der Waals surface area (Å²) in [5.41, 5.74) is 5.45. The quantitative estimate of drug-likeness (QED) is 0.939. The van der Waals surface area contributed by atoms with Crippen LogP contribution < -0.4 is 0 Å². The van der Waals surface area contributed by atoms with Gasteiger partial charge in [0.25, 0.3) is 0 Å². The summed E-state index contributed by atoms with van der Waals surface area (Å²) in [6, 6.07) is 0.437. The van der Waals surface area contributed by atoms with Crippen LogP contribution in [0.1, 0.15) is 60.8 Å². The highest BCUT2D eigenvalue weighted by molar-refractivity contribution is 5.27. The lowest BCUT2D eigenvalue weighted by molar-refractivity contribution is 0.166. The Bertz CT molecular complexity index is 637. The lowest BCUT2D eigenvalue weighted by Gasteiger charge is -2.34. The van der Waals surface area contributed by atoms with Gasteiger partial charge < -0.3 is 4.98 Å². The van der Waals surface area contributed by atoms with Gasteiger partial charge in [0.05, 0.1) is 24.3 Å². The zero-order valence-electron chi connectivity index (χ0n) is 12.8. The molecule has 112 valence electrons. The number of H-pyrrole nitrogens is 1. The lowest BCUT2D eigenvalue weighted by atomic mass is 9.99. The summed E-state index contributed by atoms with van der Waals surface area (Å²) in [6.07, 6.45) is 8.75. The van der Waals surface area contributed by atoms with Gasteiger partial charge in [0.15, 0.2) is 0 Å². The van der Waals surface area contributed by atoms with E-state index < -0.39 is 0 Å². The Morgan fingerprint density at radius 3 is 3.00 bits per heavy atom. The first-order valence-electron chi connectivity index (χ1n) is 8.05. The lowest BCUT2D eigenvalue weighted by Crippen LogP contribution is -2.35. The molecule has 0 aromatic carbocycles. The number of aromatic amines is 1. The fourth-order valence-electron chi connectivity index (χ4n) is 3.76. The molecule has 0 spiro atoms. The van der Waals surface area contributed by atoms with Gasteiger partial charge in [-0.2, -0.15) is 5.10 Å². The fraction of sp³-hybridized carbons (Fsp3) is 0.625. The Kier molecular flexibility index (Phi) is 3.10. The first-order valence-corrected chi connectivity index (χ1v) is 8.05. The van der Waals surface area contributed by atoms with E-state index in [1.54, 1.807) is 0 Å². The molecule has 2 aromatic rings. The average Bonchev–Trinajstić information content (AvgIpc) is 3.08. The van der Waals surface area contributed by atoms with E-state index in [2.05, 4.69) is 44.8 Å². The van der Waals surface area contributed by atoms with Crippen molar-refractivity contribution < 1.29 is 0 Å². The third-order valence-electron chi connectivity index (χ3n) is 4.95. The van der Waals surface area contributed by atoms with Crippen molar-refractivity contribution in [3.63, 3.8) is 0 Å². The maximum atomic E-state index is 4.56. The van der Waals surface area contributed by atoms with Gasteiger partial charge in [0, 0.05) is 49.4 Å². The van der Waals surface area contributed by atoms with Crippen molar-refractivity contribution in [2.24, 2.45) is 7.05 Å². The van der Waals surface area contributed by atoms with Gasteiger partial charge >= 0.3 is 0 Å². The van der Waals surface area contributed by atoms with Crippen molar-refractivity contribution in [2.45, 2.75) is 51.1 Å². The Hall–Kier alpha value is -1.62. The standard InChI is InChI=1S/C16H23N5/c1-3-14-15-13(17-10-18-15)6-7-21(14)9-12-8-19-20(2)16(12)11-4-5-11/h8,10-11,14H,3-7,9H2,1-2H3,(H,17,18)/t14-/m0/s1. The van der Waals surface area contributed by atoms with Crippen molar-refractivity contribution in [3.05, 3.63) is 35.2 Å². The minimum atomic E-state index is 0.437. The van der Waals surface area contributed by atoms with Crippen molar-refractivity contribution in [3.8, 4) is 0 Å². The largest absolute Gasteiger partial charge is 0.348 e. The van der Waals surface area contributed by atoms with Gasteiger partial charge in [-0.15, -0.1) is 0 Å². The van der Waals surface area contributed by atoms with E-state index in [0.717, 1.165) is 31.8 Å². The normalized spacial score (nSPS) is 22.5. The molecule has 2 aromatic heterocycles. The molecule has 1 saturated carbocycles. The predicted molar refractivity (Wildman–Crippen MR) is 80.9 cm³/mol. The zero-order valence-corrected chi connectivity index (χ0v) is 12.8. The summed E-state index contributed by atoms with van der Waals surface area (Å²) in [4.78, 5) is 10.4. The summed E-state index contributed by atoms with van der Waals surface area (Å²) in [5, 5.41) is 4.50. The number of imidazole rings is 1. The maximum Gasteiger partial charge on any atom is 0.0925 e. The third-order valence-corrected chi connectivity index (χ3v) is 4.95. The third kappa shape index (κ3) is 2.20. The average molecular weight is 285 g/mol. The van der Waals surface area contributed by atoms with Crippen LogP contribution in [0.2, 0.25) is 0 Å². The molecule has 0 unspecified atom stereocenters. The van der Waals surface area contributed by atoms with Crippen molar-refractivity contribution >= 4 is 0 Å². The van der Waals surface area contributed by atoms with Gasteiger partial charge in [0.1, 0.15) is 0 Å². The van der Waals surface area contributed by atoms with E-state index in [4.69, 9.17) is 0 Å². The molecule has 4 rings (SSSR count). The van der Waals surface area contributed by atoms with Crippen LogP contribution in [-0.4, -0.2) is 31.2 Å². The molecule has 5 nitrogen and oxygen atoms in total. The number of nitrogens with one attached hydrogen (secondary N) is 1. The van der Waals surface area contributed by atoms with Crippen molar-refractivity contribution in [1.82, 2.24) is 24.6 Å².